The van der Waals surface area contributed by atoms with Gasteiger partial charge in [-0.05, 0) is 25.3 Å². The molecule has 0 saturated heterocycles. The number of hydrogen-bond acceptors (Lipinski definition) is 4. The van der Waals surface area contributed by atoms with Crippen molar-refractivity contribution in [1.29, 1.82) is 0 Å². The van der Waals surface area contributed by atoms with Crippen molar-refractivity contribution in [2.24, 2.45) is 11.7 Å². The highest BCUT2D eigenvalue weighted by molar-refractivity contribution is 5.83. The first kappa shape index (κ1) is 17.9. The summed E-state index contributed by atoms with van der Waals surface area (Å²) >= 11 is 0. The van der Waals surface area contributed by atoms with Gasteiger partial charge in [-0.3, -0.25) is 4.79 Å². The van der Waals surface area contributed by atoms with Crippen molar-refractivity contribution in [3.63, 3.8) is 0 Å². The number of carbonyl (C=O) groups is 2. The lowest BCUT2D eigenvalue weighted by Gasteiger charge is -2.16. The van der Waals surface area contributed by atoms with Crippen LogP contribution in [0, 0.1) is 5.92 Å². The van der Waals surface area contributed by atoms with Crippen molar-refractivity contribution in [1.82, 2.24) is 5.32 Å². The molecule has 0 saturated carbocycles. The van der Waals surface area contributed by atoms with Crippen LogP contribution in [0.5, 0.6) is 0 Å². The van der Waals surface area contributed by atoms with Crippen LogP contribution in [0.3, 0.4) is 0 Å². The van der Waals surface area contributed by atoms with Gasteiger partial charge in [-0.15, -0.1) is 0 Å². The first-order chi connectivity index (χ1) is 9.04. The molecule has 0 aromatic rings. The molecule has 0 rings (SSSR count). The third-order valence-corrected chi connectivity index (χ3v) is 3.10. The monoisotopic (exact) mass is 274 g/mol. The Kier molecular flexibility index (Phi) is 10.1. The lowest BCUT2D eigenvalue weighted by atomic mass is 9.94. The zero-order valence-electron chi connectivity index (χ0n) is 11.6. The van der Waals surface area contributed by atoms with Gasteiger partial charge in [-0.1, -0.05) is 19.8 Å². The molecule has 1 unspecified atom stereocenters. The van der Waals surface area contributed by atoms with E-state index < -0.39 is 12.0 Å². The van der Waals surface area contributed by atoms with E-state index in [1.54, 1.807) is 0 Å². The summed E-state index contributed by atoms with van der Waals surface area (Å²) in [6.07, 6.45) is 4.03. The molecule has 0 bridgehead atoms. The summed E-state index contributed by atoms with van der Waals surface area (Å²) in [6.45, 7) is 2.43. The van der Waals surface area contributed by atoms with E-state index in [0.717, 1.165) is 25.7 Å². The van der Waals surface area contributed by atoms with Gasteiger partial charge in [0.25, 0.3) is 0 Å². The smallest absolute Gasteiger partial charge is 0.326 e. The fourth-order valence-corrected chi connectivity index (χ4v) is 2.07. The highest BCUT2D eigenvalue weighted by Crippen LogP contribution is 2.16. The Balaban J connectivity index is 4.10. The van der Waals surface area contributed by atoms with Crippen LogP contribution in [0.1, 0.15) is 45.4 Å². The minimum absolute atomic E-state index is 0.0300. The zero-order chi connectivity index (χ0) is 14.7. The Hall–Kier alpha value is -1.14. The summed E-state index contributed by atoms with van der Waals surface area (Å²) in [5, 5.41) is 20.0. The predicted octanol–water partition coefficient (Wildman–Crippen LogP) is 0.484. The number of rotatable bonds is 11. The van der Waals surface area contributed by atoms with Crippen LogP contribution in [0.15, 0.2) is 0 Å². The van der Waals surface area contributed by atoms with Crippen molar-refractivity contribution in [3.05, 3.63) is 0 Å². The fourth-order valence-electron chi connectivity index (χ4n) is 2.07. The van der Waals surface area contributed by atoms with Crippen molar-refractivity contribution in [3.8, 4) is 0 Å². The number of nitrogens with one attached hydrogen (secondary N) is 1. The van der Waals surface area contributed by atoms with E-state index >= 15 is 0 Å². The van der Waals surface area contributed by atoms with Crippen LogP contribution < -0.4 is 11.1 Å². The lowest BCUT2D eigenvalue weighted by molar-refractivity contribution is -0.142. The quantitative estimate of drug-likeness (QED) is 0.438. The number of nitrogens with two attached hydrogens (primary N) is 1. The van der Waals surface area contributed by atoms with E-state index in [-0.39, 0.29) is 18.9 Å². The largest absolute Gasteiger partial charge is 0.480 e. The summed E-state index contributed by atoms with van der Waals surface area (Å²) < 4.78 is 0. The Bertz CT molecular complexity index is 265. The molecule has 6 nitrogen and oxygen atoms in total. The predicted molar refractivity (Wildman–Crippen MR) is 72.6 cm³/mol. The normalized spacial score (nSPS) is 13.8. The molecule has 2 atom stereocenters. The second-order valence-electron chi connectivity index (χ2n) is 4.74. The van der Waals surface area contributed by atoms with Gasteiger partial charge in [0.1, 0.15) is 6.04 Å². The summed E-state index contributed by atoms with van der Waals surface area (Å²) in [4.78, 5) is 22.5. The third-order valence-electron chi connectivity index (χ3n) is 3.10. The average molecular weight is 274 g/mol. The molecule has 6 heteroatoms. The molecule has 0 aliphatic heterocycles. The van der Waals surface area contributed by atoms with Crippen LogP contribution in [0.4, 0.5) is 0 Å². The highest BCUT2D eigenvalue weighted by Gasteiger charge is 2.19. The Morgan fingerprint density at radius 1 is 1.21 bits per heavy atom. The van der Waals surface area contributed by atoms with E-state index in [1.165, 1.54) is 0 Å². The van der Waals surface area contributed by atoms with Gasteiger partial charge in [-0.25, -0.2) is 4.79 Å². The van der Waals surface area contributed by atoms with Gasteiger partial charge < -0.3 is 21.3 Å². The molecule has 0 spiro atoms. The molecule has 0 radical (unpaired) electrons. The topological polar surface area (TPSA) is 113 Å². The van der Waals surface area contributed by atoms with Crippen LogP contribution in [-0.4, -0.2) is 41.3 Å². The Labute approximate surface area is 114 Å². The molecular weight excluding hydrogens is 248 g/mol. The molecule has 0 aromatic heterocycles. The van der Waals surface area contributed by atoms with Gasteiger partial charge in [0.05, 0.1) is 0 Å². The van der Waals surface area contributed by atoms with E-state index in [9.17, 15) is 9.59 Å². The van der Waals surface area contributed by atoms with Gasteiger partial charge in [0, 0.05) is 19.4 Å². The Morgan fingerprint density at radius 3 is 2.37 bits per heavy atom. The maximum absolute atomic E-state index is 11.7. The minimum Gasteiger partial charge on any atom is -0.480 e. The van der Waals surface area contributed by atoms with E-state index in [2.05, 4.69) is 12.2 Å². The maximum Gasteiger partial charge on any atom is 0.326 e. The number of carbonyl (C=O) groups excluding carboxylic acids is 1. The van der Waals surface area contributed by atoms with E-state index in [4.69, 9.17) is 15.9 Å². The second kappa shape index (κ2) is 10.8. The third kappa shape index (κ3) is 8.56. The van der Waals surface area contributed by atoms with Crippen LogP contribution in [0.2, 0.25) is 0 Å². The van der Waals surface area contributed by atoms with Crippen molar-refractivity contribution < 1.29 is 19.8 Å². The molecule has 112 valence electrons. The average Bonchev–Trinajstić information content (AvgIpc) is 2.36. The van der Waals surface area contributed by atoms with Gasteiger partial charge in [0.2, 0.25) is 5.91 Å². The van der Waals surface area contributed by atoms with Crippen LogP contribution in [-0.2, 0) is 9.59 Å². The second-order valence-corrected chi connectivity index (χ2v) is 4.74. The fraction of sp³-hybridized carbons (Fsp3) is 0.846. The van der Waals surface area contributed by atoms with E-state index in [0.29, 0.717) is 18.9 Å². The molecule has 1 amide bonds. The maximum atomic E-state index is 11.7. The highest BCUT2D eigenvalue weighted by atomic mass is 16.4. The first-order valence-electron chi connectivity index (χ1n) is 6.88. The number of hydrogen-bond donors (Lipinski definition) is 4. The summed E-state index contributed by atoms with van der Waals surface area (Å²) in [7, 11) is 0. The number of aliphatic carboxylic acids is 1. The molecule has 0 fully saturated rings. The van der Waals surface area contributed by atoms with E-state index in [1.807, 2.05) is 0 Å². The zero-order valence-corrected chi connectivity index (χ0v) is 11.6. The summed E-state index contributed by atoms with van der Waals surface area (Å²) in [5.41, 5.74) is 5.52. The minimum atomic E-state index is -1.12. The molecule has 0 aliphatic carbocycles. The molecule has 19 heavy (non-hydrogen) atoms. The number of aliphatic hydroxyl groups is 1. The van der Waals surface area contributed by atoms with Crippen LogP contribution >= 0.6 is 0 Å². The molecular formula is C13H26N2O4. The summed E-state index contributed by atoms with van der Waals surface area (Å²) in [5.74, 6) is -0.977. The molecule has 0 aliphatic rings. The number of aliphatic hydroxyl groups excluding tert-OH is 1. The summed E-state index contributed by atoms with van der Waals surface area (Å²) in [6, 6.07) is -1.00. The van der Waals surface area contributed by atoms with Gasteiger partial charge in [-0.2, -0.15) is 0 Å². The standard InChI is InChI=1S/C13H26N2O4/c1-2-3-10(6-8-14)4-5-12(17)15-11(7-9-16)13(18)19/h10-11,16H,2-9,14H2,1H3,(H,15,17)(H,18,19)/t10?,11-/m0/s1. The SMILES string of the molecule is CCCC(CCN)CCC(=O)N[C@@H](CCO)C(=O)O. The number of carboxylic acid groups (broad SMARTS) is 1. The van der Waals surface area contributed by atoms with Crippen molar-refractivity contribution >= 4 is 11.9 Å². The molecule has 0 aromatic carbocycles. The first-order valence-corrected chi connectivity index (χ1v) is 6.88. The van der Waals surface area contributed by atoms with Crippen LogP contribution in [0.25, 0.3) is 0 Å². The molecule has 0 heterocycles. The van der Waals surface area contributed by atoms with Crippen molar-refractivity contribution in [2.75, 3.05) is 13.2 Å². The number of carboxylic acids is 1. The molecule has 5 N–H and O–H groups in total. The Morgan fingerprint density at radius 2 is 1.89 bits per heavy atom. The van der Waals surface area contributed by atoms with Gasteiger partial charge in [0.15, 0.2) is 0 Å². The van der Waals surface area contributed by atoms with Gasteiger partial charge >= 0.3 is 5.97 Å². The lowest BCUT2D eigenvalue weighted by Crippen LogP contribution is -2.41. The van der Waals surface area contributed by atoms with Crippen molar-refractivity contribution in [2.45, 2.75) is 51.5 Å². The number of amides is 1.